The lowest BCUT2D eigenvalue weighted by Crippen LogP contribution is -2.30. The Balaban J connectivity index is 2.21. The molecular formula is C11H20N2O2. The van der Waals surface area contributed by atoms with E-state index in [-0.39, 0.29) is 0 Å². The van der Waals surface area contributed by atoms with Crippen molar-refractivity contribution in [1.82, 2.24) is 5.43 Å². The Kier molecular flexibility index (Phi) is 4.12. The fourth-order valence-corrected chi connectivity index (χ4v) is 1.60. The summed E-state index contributed by atoms with van der Waals surface area (Å²) in [6.45, 7) is 5.48. The average Bonchev–Trinajstić information content (AvgIpc) is 2.53. The molecule has 0 aliphatic heterocycles. The van der Waals surface area contributed by atoms with E-state index in [1.165, 1.54) is 25.7 Å². The maximum Gasteiger partial charge on any atom is 0.428 e. The van der Waals surface area contributed by atoms with Crippen molar-refractivity contribution in [3.05, 3.63) is 0 Å². The smallest absolute Gasteiger partial charge is 0.428 e. The van der Waals surface area contributed by atoms with E-state index in [1.54, 1.807) is 0 Å². The minimum absolute atomic E-state index is 0.465. The van der Waals surface area contributed by atoms with Crippen molar-refractivity contribution in [3.63, 3.8) is 0 Å². The highest BCUT2D eigenvalue weighted by Crippen LogP contribution is 2.22. The van der Waals surface area contributed by atoms with E-state index >= 15 is 0 Å². The number of hydrazone groups is 1. The fourth-order valence-electron chi connectivity index (χ4n) is 1.60. The van der Waals surface area contributed by atoms with Crippen LogP contribution in [0.25, 0.3) is 0 Å². The van der Waals surface area contributed by atoms with Crippen molar-refractivity contribution < 1.29 is 9.53 Å². The van der Waals surface area contributed by atoms with Gasteiger partial charge in [-0.05, 0) is 39.5 Å². The zero-order valence-electron chi connectivity index (χ0n) is 9.75. The zero-order chi connectivity index (χ0) is 11.3. The number of hydrogen-bond donors (Lipinski definition) is 1. The summed E-state index contributed by atoms with van der Waals surface area (Å²) >= 11 is 0. The van der Waals surface area contributed by atoms with E-state index in [1.807, 2.05) is 27.0 Å². The number of carbonyl (C=O) groups excluding carboxylic acids is 1. The van der Waals surface area contributed by atoms with Gasteiger partial charge in [-0.1, -0.05) is 12.8 Å². The number of amides is 1. The highest BCUT2D eigenvalue weighted by molar-refractivity contribution is 5.70. The lowest BCUT2D eigenvalue weighted by molar-refractivity contribution is 0.0529. The van der Waals surface area contributed by atoms with Crippen LogP contribution in [0, 0.1) is 5.92 Å². The Morgan fingerprint density at radius 3 is 2.53 bits per heavy atom. The predicted molar refractivity (Wildman–Crippen MR) is 59.8 cm³/mol. The summed E-state index contributed by atoms with van der Waals surface area (Å²) in [6, 6.07) is 0. The van der Waals surface area contributed by atoms with Gasteiger partial charge in [-0.25, -0.2) is 10.2 Å². The van der Waals surface area contributed by atoms with Gasteiger partial charge in [-0.3, -0.25) is 0 Å². The summed E-state index contributed by atoms with van der Waals surface area (Å²) in [6.07, 6.45) is 6.22. The summed E-state index contributed by atoms with van der Waals surface area (Å²) in [5, 5.41) is 3.89. The molecule has 1 fully saturated rings. The number of carbonyl (C=O) groups is 1. The predicted octanol–water partition coefficient (Wildman–Crippen LogP) is 2.69. The second-order valence-electron chi connectivity index (χ2n) is 4.94. The van der Waals surface area contributed by atoms with E-state index in [9.17, 15) is 4.79 Å². The molecule has 1 amide bonds. The Morgan fingerprint density at radius 2 is 2.00 bits per heavy atom. The molecule has 0 radical (unpaired) electrons. The van der Waals surface area contributed by atoms with Gasteiger partial charge in [-0.2, -0.15) is 5.10 Å². The van der Waals surface area contributed by atoms with Crippen LogP contribution < -0.4 is 5.43 Å². The largest absolute Gasteiger partial charge is 0.443 e. The second-order valence-corrected chi connectivity index (χ2v) is 4.94. The van der Waals surface area contributed by atoms with Gasteiger partial charge in [0.2, 0.25) is 0 Å². The van der Waals surface area contributed by atoms with Gasteiger partial charge in [0.1, 0.15) is 5.60 Å². The zero-order valence-corrected chi connectivity index (χ0v) is 9.75. The summed E-state index contributed by atoms with van der Waals surface area (Å²) in [5.41, 5.74) is 1.91. The van der Waals surface area contributed by atoms with Crippen molar-refractivity contribution in [3.8, 4) is 0 Å². The third-order valence-corrected chi connectivity index (χ3v) is 2.24. The van der Waals surface area contributed by atoms with E-state index in [2.05, 4.69) is 10.5 Å². The molecule has 4 heteroatoms. The summed E-state index contributed by atoms with van der Waals surface area (Å²) < 4.78 is 5.04. The first-order chi connectivity index (χ1) is 6.97. The third-order valence-electron chi connectivity index (χ3n) is 2.24. The lowest BCUT2D eigenvalue weighted by atomic mass is 10.1. The normalized spacial score (nSPS) is 18.3. The minimum Gasteiger partial charge on any atom is -0.443 e. The highest BCUT2D eigenvalue weighted by atomic mass is 16.6. The number of ether oxygens (including phenoxy) is 1. The Labute approximate surface area is 91.1 Å². The molecule has 1 aliphatic rings. The molecule has 1 aliphatic carbocycles. The number of rotatable bonds is 2. The summed E-state index contributed by atoms with van der Waals surface area (Å²) in [5.74, 6) is 0.528. The lowest BCUT2D eigenvalue weighted by Gasteiger charge is -2.18. The SMILES string of the molecule is CC(C)(C)OC(=O)NN=CC1CCCC1. The van der Waals surface area contributed by atoms with Crippen LogP contribution in [0.2, 0.25) is 0 Å². The molecule has 1 saturated carbocycles. The van der Waals surface area contributed by atoms with Crippen molar-refractivity contribution in [2.24, 2.45) is 11.0 Å². The van der Waals surface area contributed by atoms with Gasteiger partial charge in [-0.15, -0.1) is 0 Å². The van der Waals surface area contributed by atoms with Crippen LogP contribution in [0.5, 0.6) is 0 Å². The summed E-state index contributed by atoms with van der Waals surface area (Å²) in [4.78, 5) is 11.2. The topological polar surface area (TPSA) is 50.7 Å². The molecule has 0 heterocycles. The molecule has 0 aromatic carbocycles. The first-order valence-corrected chi connectivity index (χ1v) is 5.49. The molecule has 0 aromatic rings. The molecule has 1 N–H and O–H groups in total. The minimum atomic E-state index is -0.489. The summed E-state index contributed by atoms with van der Waals surface area (Å²) in [7, 11) is 0. The van der Waals surface area contributed by atoms with Gasteiger partial charge < -0.3 is 4.74 Å². The fraction of sp³-hybridized carbons (Fsp3) is 0.818. The van der Waals surface area contributed by atoms with Gasteiger partial charge in [0.15, 0.2) is 0 Å². The van der Waals surface area contributed by atoms with E-state index in [0.29, 0.717) is 5.92 Å². The van der Waals surface area contributed by atoms with Crippen LogP contribution in [-0.4, -0.2) is 17.9 Å². The van der Waals surface area contributed by atoms with Gasteiger partial charge in [0, 0.05) is 6.21 Å². The Bertz CT molecular complexity index is 237. The molecule has 0 atom stereocenters. The van der Waals surface area contributed by atoms with Crippen LogP contribution in [0.15, 0.2) is 5.10 Å². The van der Waals surface area contributed by atoms with Crippen LogP contribution in [0.4, 0.5) is 4.79 Å². The molecule has 0 bridgehead atoms. The van der Waals surface area contributed by atoms with Crippen LogP contribution >= 0.6 is 0 Å². The van der Waals surface area contributed by atoms with Crippen molar-refractivity contribution in [2.45, 2.75) is 52.1 Å². The molecule has 4 nitrogen and oxygen atoms in total. The quantitative estimate of drug-likeness (QED) is 0.565. The molecule has 15 heavy (non-hydrogen) atoms. The molecule has 1 rings (SSSR count). The van der Waals surface area contributed by atoms with Crippen LogP contribution in [-0.2, 0) is 4.74 Å². The average molecular weight is 212 g/mol. The maximum atomic E-state index is 11.2. The molecule has 0 aromatic heterocycles. The second kappa shape index (κ2) is 5.14. The van der Waals surface area contributed by atoms with E-state index in [4.69, 9.17) is 4.74 Å². The monoisotopic (exact) mass is 212 g/mol. The molecular weight excluding hydrogens is 192 g/mol. The molecule has 0 spiro atoms. The number of nitrogens with one attached hydrogen (secondary N) is 1. The van der Waals surface area contributed by atoms with E-state index < -0.39 is 11.7 Å². The van der Waals surface area contributed by atoms with E-state index in [0.717, 1.165) is 0 Å². The third kappa shape index (κ3) is 5.40. The van der Waals surface area contributed by atoms with Crippen molar-refractivity contribution in [1.29, 1.82) is 0 Å². The van der Waals surface area contributed by atoms with Crippen LogP contribution in [0.3, 0.4) is 0 Å². The van der Waals surface area contributed by atoms with Gasteiger partial charge >= 0.3 is 6.09 Å². The Hall–Kier alpha value is -1.06. The highest BCUT2D eigenvalue weighted by Gasteiger charge is 2.16. The Morgan fingerprint density at radius 1 is 1.40 bits per heavy atom. The number of nitrogens with zero attached hydrogens (tertiary/aromatic N) is 1. The first-order valence-electron chi connectivity index (χ1n) is 5.49. The molecule has 0 saturated heterocycles. The number of hydrogen-bond acceptors (Lipinski definition) is 3. The maximum absolute atomic E-state index is 11.2. The molecule has 86 valence electrons. The van der Waals surface area contributed by atoms with Crippen molar-refractivity contribution in [2.75, 3.05) is 0 Å². The van der Waals surface area contributed by atoms with Gasteiger partial charge in [0.25, 0.3) is 0 Å². The molecule has 0 unspecified atom stereocenters. The standard InChI is InChI=1S/C11H20N2O2/c1-11(2,3)15-10(14)13-12-8-9-6-4-5-7-9/h8-9H,4-7H2,1-3H3,(H,13,14). The van der Waals surface area contributed by atoms with Gasteiger partial charge in [0.05, 0.1) is 0 Å². The van der Waals surface area contributed by atoms with Crippen LogP contribution in [0.1, 0.15) is 46.5 Å². The first kappa shape index (κ1) is 12.0. The van der Waals surface area contributed by atoms with Crippen molar-refractivity contribution >= 4 is 12.3 Å².